The van der Waals surface area contributed by atoms with E-state index in [2.05, 4.69) is 0 Å². The molecule has 1 atom stereocenters. The minimum atomic E-state index is -0.882. The molecular formula is C29H29NO6. The highest BCUT2D eigenvalue weighted by Crippen LogP contribution is 2.44. The smallest absolute Gasteiger partial charge is 0.300 e. The number of ether oxygens (including phenoxy) is 3. The maximum atomic E-state index is 13.4. The monoisotopic (exact) mass is 487 g/mol. The first kappa shape index (κ1) is 24.9. The van der Waals surface area contributed by atoms with Gasteiger partial charge in [-0.3, -0.25) is 14.5 Å². The third-order valence-corrected chi connectivity index (χ3v) is 5.95. The summed E-state index contributed by atoms with van der Waals surface area (Å²) in [6.07, 6.45) is 0. The number of rotatable bonds is 8. The van der Waals surface area contributed by atoms with Crippen LogP contribution in [0, 0.1) is 6.92 Å². The Kier molecular flexibility index (Phi) is 7.29. The number of aryl methyl sites for hydroxylation is 1. The van der Waals surface area contributed by atoms with E-state index in [0.717, 1.165) is 5.56 Å². The molecule has 0 bridgehead atoms. The Morgan fingerprint density at radius 3 is 2.36 bits per heavy atom. The van der Waals surface area contributed by atoms with Crippen LogP contribution in [0.25, 0.3) is 5.76 Å². The number of carbonyl (C=O) groups is 2. The molecule has 1 aliphatic rings. The van der Waals surface area contributed by atoms with E-state index in [1.165, 1.54) is 4.90 Å². The van der Waals surface area contributed by atoms with E-state index in [4.69, 9.17) is 14.2 Å². The molecule has 0 radical (unpaired) electrons. The van der Waals surface area contributed by atoms with Crippen molar-refractivity contribution >= 4 is 23.1 Å². The van der Waals surface area contributed by atoms with Gasteiger partial charge in [0.25, 0.3) is 11.7 Å². The molecule has 0 saturated carbocycles. The summed E-state index contributed by atoms with van der Waals surface area (Å²) in [5, 5.41) is 11.4. The minimum absolute atomic E-state index is 0.0113. The third-order valence-electron chi connectivity index (χ3n) is 5.95. The number of aliphatic hydroxyl groups is 1. The van der Waals surface area contributed by atoms with Gasteiger partial charge in [-0.25, -0.2) is 0 Å². The first-order valence-corrected chi connectivity index (χ1v) is 11.8. The van der Waals surface area contributed by atoms with Crippen LogP contribution in [0.1, 0.15) is 36.6 Å². The second-order valence-corrected chi connectivity index (χ2v) is 8.31. The van der Waals surface area contributed by atoms with E-state index in [1.54, 1.807) is 55.6 Å². The zero-order valence-electron chi connectivity index (χ0n) is 20.8. The van der Waals surface area contributed by atoms with Crippen molar-refractivity contribution in [2.45, 2.75) is 26.8 Å². The fourth-order valence-corrected chi connectivity index (χ4v) is 4.38. The molecule has 1 saturated heterocycles. The molecule has 1 aliphatic heterocycles. The minimum Gasteiger partial charge on any atom is -0.507 e. The van der Waals surface area contributed by atoms with Crippen LogP contribution in [0.2, 0.25) is 0 Å². The van der Waals surface area contributed by atoms with E-state index in [1.807, 2.05) is 39.0 Å². The number of carbonyl (C=O) groups excluding carboxylic acids is 2. The number of methoxy groups -OCH3 is 1. The van der Waals surface area contributed by atoms with Gasteiger partial charge in [-0.05, 0) is 68.3 Å². The molecule has 4 rings (SSSR count). The number of Topliss-reactive ketones (excluding diaryl/α,β-unsaturated/α-hetero) is 1. The van der Waals surface area contributed by atoms with Gasteiger partial charge in [-0.1, -0.05) is 30.3 Å². The Bertz CT molecular complexity index is 1330. The lowest BCUT2D eigenvalue weighted by molar-refractivity contribution is -0.132. The molecule has 1 N–H and O–H groups in total. The van der Waals surface area contributed by atoms with Crippen LogP contribution in [-0.2, 0) is 9.59 Å². The number of amides is 1. The summed E-state index contributed by atoms with van der Waals surface area (Å²) in [6.45, 7) is 6.49. The Morgan fingerprint density at radius 1 is 0.917 bits per heavy atom. The molecule has 7 heteroatoms. The van der Waals surface area contributed by atoms with E-state index >= 15 is 0 Å². The van der Waals surface area contributed by atoms with Gasteiger partial charge >= 0.3 is 0 Å². The van der Waals surface area contributed by atoms with Crippen molar-refractivity contribution in [1.29, 1.82) is 0 Å². The van der Waals surface area contributed by atoms with Crippen molar-refractivity contribution in [3.8, 4) is 17.2 Å². The first-order valence-electron chi connectivity index (χ1n) is 11.8. The average molecular weight is 488 g/mol. The number of anilines is 1. The molecule has 0 aliphatic carbocycles. The number of aliphatic hydroxyl groups excluding tert-OH is 1. The lowest BCUT2D eigenvalue weighted by Crippen LogP contribution is -2.29. The van der Waals surface area contributed by atoms with Gasteiger partial charge in [0.15, 0.2) is 11.5 Å². The average Bonchev–Trinajstić information content (AvgIpc) is 3.14. The fourth-order valence-electron chi connectivity index (χ4n) is 4.38. The Balaban J connectivity index is 1.95. The Labute approximate surface area is 210 Å². The van der Waals surface area contributed by atoms with Gasteiger partial charge in [-0.2, -0.15) is 0 Å². The van der Waals surface area contributed by atoms with Gasteiger partial charge < -0.3 is 19.3 Å². The second-order valence-electron chi connectivity index (χ2n) is 8.31. The number of ketones is 1. The summed E-state index contributed by atoms with van der Waals surface area (Å²) < 4.78 is 16.7. The van der Waals surface area contributed by atoms with Crippen LogP contribution in [0.3, 0.4) is 0 Å². The zero-order chi connectivity index (χ0) is 25.8. The third kappa shape index (κ3) is 4.64. The topological polar surface area (TPSA) is 85.3 Å². The number of hydrogen-bond acceptors (Lipinski definition) is 6. The highest BCUT2D eigenvalue weighted by atomic mass is 16.5. The van der Waals surface area contributed by atoms with Gasteiger partial charge in [-0.15, -0.1) is 0 Å². The van der Waals surface area contributed by atoms with Crippen molar-refractivity contribution in [3.63, 3.8) is 0 Å². The summed E-state index contributed by atoms with van der Waals surface area (Å²) in [5.74, 6) is -0.211. The molecule has 1 fully saturated rings. The first-order chi connectivity index (χ1) is 17.4. The molecule has 0 spiro atoms. The molecule has 3 aromatic carbocycles. The standard InChI is InChI=1S/C29H29NO6/c1-5-35-22-12-8-10-20(16-22)27(31)25-26(19-13-14-23(34-4)24(17-19)36-6-2)30(29(33)28(25)32)21-11-7-9-18(3)15-21/h7-17,26,31H,5-6H2,1-4H3/b27-25-. The lowest BCUT2D eigenvalue weighted by Gasteiger charge is -2.26. The van der Waals surface area contributed by atoms with Crippen molar-refractivity contribution in [2.24, 2.45) is 0 Å². The lowest BCUT2D eigenvalue weighted by atomic mass is 9.94. The normalized spacial score (nSPS) is 16.8. The molecule has 1 unspecified atom stereocenters. The van der Waals surface area contributed by atoms with E-state index in [9.17, 15) is 14.7 Å². The number of hydrogen-bond donors (Lipinski definition) is 1. The summed E-state index contributed by atoms with van der Waals surface area (Å²) in [6, 6.07) is 18.5. The zero-order valence-corrected chi connectivity index (χ0v) is 20.8. The van der Waals surface area contributed by atoms with Crippen LogP contribution >= 0.6 is 0 Å². The predicted octanol–water partition coefficient (Wildman–Crippen LogP) is 5.43. The summed E-state index contributed by atoms with van der Waals surface area (Å²) in [7, 11) is 1.54. The van der Waals surface area contributed by atoms with Crippen LogP contribution in [0.4, 0.5) is 5.69 Å². The van der Waals surface area contributed by atoms with Gasteiger partial charge in [0, 0.05) is 11.3 Å². The van der Waals surface area contributed by atoms with E-state index < -0.39 is 17.7 Å². The van der Waals surface area contributed by atoms with E-state index in [-0.39, 0.29) is 11.3 Å². The summed E-state index contributed by atoms with van der Waals surface area (Å²) in [5.41, 5.74) is 2.46. The van der Waals surface area contributed by atoms with Crippen LogP contribution in [-0.4, -0.2) is 37.1 Å². The predicted molar refractivity (Wildman–Crippen MR) is 138 cm³/mol. The summed E-state index contributed by atoms with van der Waals surface area (Å²) >= 11 is 0. The van der Waals surface area contributed by atoms with Crippen LogP contribution in [0.5, 0.6) is 17.2 Å². The Hall–Kier alpha value is -4.26. The van der Waals surface area contributed by atoms with Crippen molar-refractivity contribution in [3.05, 3.63) is 89.0 Å². The SMILES string of the molecule is CCOc1cccc(/C(O)=C2/C(=O)C(=O)N(c3cccc(C)c3)C2c2ccc(OC)c(OCC)c2)c1. The van der Waals surface area contributed by atoms with Crippen molar-refractivity contribution in [2.75, 3.05) is 25.2 Å². The molecule has 3 aromatic rings. The van der Waals surface area contributed by atoms with Crippen LogP contribution in [0.15, 0.2) is 72.3 Å². The quantitative estimate of drug-likeness (QED) is 0.259. The van der Waals surface area contributed by atoms with Gasteiger partial charge in [0.1, 0.15) is 11.5 Å². The summed E-state index contributed by atoms with van der Waals surface area (Å²) in [4.78, 5) is 28.2. The van der Waals surface area contributed by atoms with Gasteiger partial charge in [0.2, 0.25) is 0 Å². The molecule has 1 heterocycles. The maximum Gasteiger partial charge on any atom is 0.300 e. The highest BCUT2D eigenvalue weighted by molar-refractivity contribution is 6.51. The van der Waals surface area contributed by atoms with Crippen LogP contribution < -0.4 is 19.1 Å². The maximum absolute atomic E-state index is 13.4. The van der Waals surface area contributed by atoms with Gasteiger partial charge in [0.05, 0.1) is 31.9 Å². The largest absolute Gasteiger partial charge is 0.507 e. The van der Waals surface area contributed by atoms with E-state index in [0.29, 0.717) is 47.3 Å². The fraction of sp³-hybridized carbons (Fsp3) is 0.241. The number of benzene rings is 3. The highest BCUT2D eigenvalue weighted by Gasteiger charge is 2.47. The molecular weight excluding hydrogens is 458 g/mol. The number of nitrogens with zero attached hydrogens (tertiary/aromatic N) is 1. The van der Waals surface area contributed by atoms with Crippen molar-refractivity contribution in [1.82, 2.24) is 0 Å². The molecule has 7 nitrogen and oxygen atoms in total. The molecule has 0 aromatic heterocycles. The second kappa shape index (κ2) is 10.6. The molecule has 1 amide bonds. The molecule has 186 valence electrons. The molecule has 36 heavy (non-hydrogen) atoms. The Morgan fingerprint density at radius 2 is 1.67 bits per heavy atom. The van der Waals surface area contributed by atoms with Crippen molar-refractivity contribution < 1.29 is 28.9 Å².